The molecule has 1 aliphatic carbocycles. The maximum Gasteiger partial charge on any atom is 0.174 e. The summed E-state index contributed by atoms with van der Waals surface area (Å²) in [4.78, 5) is 0. The Morgan fingerprint density at radius 2 is 1.71 bits per heavy atom. The number of allylic oxidation sites excluding steroid dienone is 1. The van der Waals surface area contributed by atoms with E-state index in [4.69, 9.17) is 24.7 Å². The molecule has 0 saturated heterocycles. The monoisotopic (exact) mass is 528 g/mol. The van der Waals surface area contributed by atoms with Crippen molar-refractivity contribution in [2.75, 3.05) is 20.3 Å². The van der Waals surface area contributed by atoms with Crippen LogP contribution in [0.15, 0.2) is 42.0 Å². The summed E-state index contributed by atoms with van der Waals surface area (Å²) in [5.41, 5.74) is 2.16. The Morgan fingerprint density at radius 1 is 1.03 bits per heavy atom. The van der Waals surface area contributed by atoms with Crippen molar-refractivity contribution in [3.05, 3.63) is 56.7 Å². The van der Waals surface area contributed by atoms with Crippen LogP contribution in [0.4, 0.5) is 0 Å². The van der Waals surface area contributed by atoms with Gasteiger partial charge < -0.3 is 14.2 Å². The first-order valence-electron chi connectivity index (χ1n) is 10.4. The Balaban J connectivity index is 1.56. The fraction of sp³-hybridized carbons (Fsp3) is 0.360. The number of ether oxygens (including phenoxy) is 3. The van der Waals surface area contributed by atoms with E-state index in [-0.39, 0.29) is 5.57 Å². The number of nitrogens with zero attached hydrogens (tertiary/aromatic N) is 2. The molecule has 0 bridgehead atoms. The van der Waals surface area contributed by atoms with Crippen molar-refractivity contribution in [2.45, 2.75) is 38.0 Å². The molecular formula is C25H25IN2O3. The molecule has 1 aliphatic rings. The van der Waals surface area contributed by atoms with Crippen LogP contribution in [0.2, 0.25) is 0 Å². The number of hydrogen-bond donors (Lipinski definition) is 0. The SMILES string of the molecule is COc1cc(C=C(C#N)C#N)cc(I)c1OCCOc1ccc(C2CCCCC2)cc1. The van der Waals surface area contributed by atoms with Gasteiger partial charge in [0.15, 0.2) is 11.5 Å². The molecule has 31 heavy (non-hydrogen) atoms. The van der Waals surface area contributed by atoms with Gasteiger partial charge in [-0.15, -0.1) is 0 Å². The molecule has 160 valence electrons. The van der Waals surface area contributed by atoms with E-state index in [1.54, 1.807) is 13.2 Å². The molecule has 0 aromatic heterocycles. The van der Waals surface area contributed by atoms with Gasteiger partial charge in [-0.2, -0.15) is 10.5 Å². The van der Waals surface area contributed by atoms with Gasteiger partial charge in [-0.1, -0.05) is 31.4 Å². The number of methoxy groups -OCH3 is 1. The Kier molecular flexibility index (Phi) is 8.61. The lowest BCUT2D eigenvalue weighted by Crippen LogP contribution is -2.10. The predicted octanol–water partition coefficient (Wildman–Crippen LogP) is 6.24. The molecule has 0 amide bonds. The van der Waals surface area contributed by atoms with E-state index in [0.29, 0.717) is 36.2 Å². The van der Waals surface area contributed by atoms with Gasteiger partial charge in [0.2, 0.25) is 0 Å². The molecular weight excluding hydrogens is 503 g/mol. The molecule has 6 heteroatoms. The zero-order valence-corrected chi connectivity index (χ0v) is 19.7. The highest BCUT2D eigenvalue weighted by Crippen LogP contribution is 2.35. The quantitative estimate of drug-likeness (QED) is 0.231. The molecule has 0 atom stereocenters. The number of rotatable bonds is 8. The van der Waals surface area contributed by atoms with Gasteiger partial charge >= 0.3 is 0 Å². The van der Waals surface area contributed by atoms with Gasteiger partial charge in [-0.3, -0.25) is 0 Å². The van der Waals surface area contributed by atoms with Crippen molar-refractivity contribution in [1.82, 2.24) is 0 Å². The van der Waals surface area contributed by atoms with Crippen molar-refractivity contribution < 1.29 is 14.2 Å². The Labute approximate surface area is 197 Å². The number of halogens is 1. The van der Waals surface area contributed by atoms with Crippen molar-refractivity contribution in [1.29, 1.82) is 10.5 Å². The van der Waals surface area contributed by atoms with Gasteiger partial charge in [0.05, 0.1) is 10.7 Å². The third kappa shape index (κ3) is 6.38. The average Bonchev–Trinajstić information content (AvgIpc) is 2.82. The zero-order valence-electron chi connectivity index (χ0n) is 17.6. The van der Waals surface area contributed by atoms with Crippen LogP contribution < -0.4 is 14.2 Å². The minimum atomic E-state index is 0.0365. The summed E-state index contributed by atoms with van der Waals surface area (Å²) in [6.45, 7) is 0.782. The number of benzene rings is 2. The van der Waals surface area contributed by atoms with E-state index in [1.807, 2.05) is 30.3 Å². The van der Waals surface area contributed by atoms with Crippen LogP contribution in [-0.4, -0.2) is 20.3 Å². The second kappa shape index (κ2) is 11.6. The van der Waals surface area contributed by atoms with E-state index < -0.39 is 0 Å². The van der Waals surface area contributed by atoms with E-state index >= 15 is 0 Å². The Bertz CT molecular complexity index is 981. The van der Waals surface area contributed by atoms with E-state index in [2.05, 4.69) is 34.7 Å². The summed E-state index contributed by atoms with van der Waals surface area (Å²) in [5.74, 6) is 2.69. The van der Waals surface area contributed by atoms with Crippen LogP contribution in [-0.2, 0) is 0 Å². The van der Waals surface area contributed by atoms with Crippen molar-refractivity contribution >= 4 is 28.7 Å². The van der Waals surface area contributed by atoms with Crippen molar-refractivity contribution in [3.8, 4) is 29.4 Å². The lowest BCUT2D eigenvalue weighted by Gasteiger charge is -2.22. The van der Waals surface area contributed by atoms with Crippen LogP contribution in [0.1, 0.15) is 49.1 Å². The van der Waals surface area contributed by atoms with Gasteiger partial charge in [0.1, 0.15) is 36.7 Å². The van der Waals surface area contributed by atoms with E-state index in [0.717, 1.165) is 9.32 Å². The highest BCUT2D eigenvalue weighted by atomic mass is 127. The number of nitriles is 2. The van der Waals surface area contributed by atoms with Crippen LogP contribution in [0.25, 0.3) is 6.08 Å². The topological polar surface area (TPSA) is 75.3 Å². The summed E-state index contributed by atoms with van der Waals surface area (Å²) < 4.78 is 18.0. The standard InChI is InChI=1S/C25H25IN2O3/c1-29-24-15-18(13-19(16-27)17-28)14-23(26)25(24)31-12-11-30-22-9-7-21(8-10-22)20-5-3-2-4-6-20/h7-10,13-15,20H,2-6,11-12H2,1H3. The first kappa shape index (κ1) is 23.0. The van der Waals surface area contributed by atoms with Gasteiger partial charge in [0, 0.05) is 0 Å². The Morgan fingerprint density at radius 3 is 2.35 bits per heavy atom. The molecule has 0 N–H and O–H groups in total. The molecule has 0 heterocycles. The molecule has 2 aromatic carbocycles. The minimum absolute atomic E-state index is 0.0365. The van der Waals surface area contributed by atoms with Gasteiger partial charge in [-0.25, -0.2) is 0 Å². The van der Waals surface area contributed by atoms with Crippen LogP contribution in [0, 0.1) is 26.2 Å². The predicted molar refractivity (Wildman–Crippen MR) is 128 cm³/mol. The van der Waals surface area contributed by atoms with E-state index in [1.165, 1.54) is 43.7 Å². The number of hydrogen-bond acceptors (Lipinski definition) is 5. The van der Waals surface area contributed by atoms with Crippen LogP contribution in [0.3, 0.4) is 0 Å². The molecule has 0 spiro atoms. The largest absolute Gasteiger partial charge is 0.493 e. The summed E-state index contributed by atoms with van der Waals surface area (Å²) in [7, 11) is 1.56. The summed E-state index contributed by atoms with van der Waals surface area (Å²) in [6.07, 6.45) is 8.13. The highest BCUT2D eigenvalue weighted by molar-refractivity contribution is 14.1. The summed E-state index contributed by atoms with van der Waals surface area (Å²) in [6, 6.07) is 15.8. The van der Waals surface area contributed by atoms with Crippen molar-refractivity contribution in [2.24, 2.45) is 0 Å². The van der Waals surface area contributed by atoms with Crippen LogP contribution >= 0.6 is 22.6 Å². The zero-order chi connectivity index (χ0) is 22.1. The maximum atomic E-state index is 8.94. The third-order valence-electron chi connectivity index (χ3n) is 5.36. The molecule has 0 unspecified atom stereocenters. The first-order valence-corrected chi connectivity index (χ1v) is 11.5. The minimum Gasteiger partial charge on any atom is -0.493 e. The van der Waals surface area contributed by atoms with Gasteiger partial charge in [-0.05, 0) is 82.8 Å². The van der Waals surface area contributed by atoms with Crippen LogP contribution in [0.5, 0.6) is 17.2 Å². The molecule has 2 aromatic rings. The molecule has 3 rings (SSSR count). The normalized spacial score (nSPS) is 13.5. The molecule has 0 aliphatic heterocycles. The lowest BCUT2D eigenvalue weighted by atomic mass is 9.84. The second-order valence-electron chi connectivity index (χ2n) is 7.42. The summed E-state index contributed by atoms with van der Waals surface area (Å²) in [5, 5.41) is 17.9. The fourth-order valence-corrected chi connectivity index (χ4v) is 4.58. The fourth-order valence-electron chi connectivity index (χ4n) is 3.79. The lowest BCUT2D eigenvalue weighted by molar-refractivity contribution is 0.210. The highest BCUT2D eigenvalue weighted by Gasteiger charge is 2.15. The molecule has 5 nitrogen and oxygen atoms in total. The second-order valence-corrected chi connectivity index (χ2v) is 8.58. The maximum absolute atomic E-state index is 8.94. The molecule has 1 saturated carbocycles. The summed E-state index contributed by atoms with van der Waals surface area (Å²) >= 11 is 2.15. The first-order chi connectivity index (χ1) is 15.1. The average molecular weight is 528 g/mol. The van der Waals surface area contributed by atoms with E-state index in [9.17, 15) is 0 Å². The molecule has 1 fully saturated rings. The third-order valence-corrected chi connectivity index (χ3v) is 6.16. The Hall–Kier alpha value is -2.71. The smallest absolute Gasteiger partial charge is 0.174 e. The van der Waals surface area contributed by atoms with Crippen molar-refractivity contribution in [3.63, 3.8) is 0 Å². The van der Waals surface area contributed by atoms with Gasteiger partial charge in [0.25, 0.3) is 0 Å². The molecule has 0 radical (unpaired) electrons.